The summed E-state index contributed by atoms with van der Waals surface area (Å²) in [6, 6.07) is 6.32. The number of ether oxygens (including phenoxy) is 1. The average Bonchev–Trinajstić information content (AvgIpc) is 2.81. The van der Waals surface area contributed by atoms with Crippen LogP contribution in [0.25, 0.3) is 0 Å². The van der Waals surface area contributed by atoms with Crippen molar-refractivity contribution in [1.82, 2.24) is 0 Å². The van der Waals surface area contributed by atoms with Crippen molar-refractivity contribution in [2.75, 3.05) is 12.4 Å². The number of aryl methyl sites for hydroxylation is 2. The third-order valence-electron chi connectivity index (χ3n) is 3.26. The van der Waals surface area contributed by atoms with Gasteiger partial charge in [0.15, 0.2) is 0 Å². The molecule has 0 aliphatic heterocycles. The van der Waals surface area contributed by atoms with Crippen molar-refractivity contribution in [1.29, 1.82) is 0 Å². The molecule has 1 aliphatic rings. The lowest BCUT2D eigenvalue weighted by Crippen LogP contribution is -2.07. The highest BCUT2D eigenvalue weighted by atomic mass is 32.2. The molecule has 0 fully saturated rings. The van der Waals surface area contributed by atoms with Crippen molar-refractivity contribution in [2.24, 2.45) is 0 Å². The molecule has 1 atom stereocenters. The Bertz CT molecular complexity index is 427. The van der Waals surface area contributed by atoms with Gasteiger partial charge in [-0.15, -0.1) is 0 Å². The van der Waals surface area contributed by atoms with Gasteiger partial charge in [-0.3, -0.25) is 4.21 Å². The number of rotatable bonds is 6. The summed E-state index contributed by atoms with van der Waals surface area (Å²) in [6.07, 6.45) is 4.70. The third kappa shape index (κ3) is 3.66. The summed E-state index contributed by atoms with van der Waals surface area (Å²) in [5, 5.41) is 0. The highest BCUT2D eigenvalue weighted by molar-refractivity contribution is 7.85. The van der Waals surface area contributed by atoms with Gasteiger partial charge in [-0.25, -0.2) is 0 Å². The second-order valence-corrected chi connectivity index (χ2v) is 6.68. The van der Waals surface area contributed by atoms with E-state index in [0.29, 0.717) is 12.4 Å². The maximum Gasteiger partial charge on any atom is 0.0530 e. The van der Waals surface area contributed by atoms with Crippen molar-refractivity contribution in [3.05, 3.63) is 29.3 Å². The fourth-order valence-electron chi connectivity index (χ4n) is 2.32. The molecule has 1 aliphatic carbocycles. The highest BCUT2D eigenvalue weighted by Gasteiger charge is 2.13. The number of hydrogen-bond donors (Lipinski definition) is 0. The number of benzene rings is 1. The molecule has 1 aromatic carbocycles. The molecule has 2 nitrogen and oxygen atoms in total. The Balaban J connectivity index is 1.85. The molecule has 0 N–H and O–H groups in total. The van der Waals surface area contributed by atoms with E-state index < -0.39 is 10.8 Å². The van der Waals surface area contributed by atoms with Gasteiger partial charge in [0.25, 0.3) is 0 Å². The maximum absolute atomic E-state index is 12.1. The molecule has 0 radical (unpaired) electrons. The van der Waals surface area contributed by atoms with E-state index in [1.54, 1.807) is 0 Å². The SMILES string of the molecule is CC(C)OCCCS(=O)c1ccc2c(c1)CCC2. The average molecular weight is 266 g/mol. The molecule has 100 valence electrons. The van der Waals surface area contributed by atoms with Gasteiger partial charge in [0.1, 0.15) is 0 Å². The molecular weight excluding hydrogens is 244 g/mol. The molecule has 0 saturated heterocycles. The molecule has 18 heavy (non-hydrogen) atoms. The zero-order chi connectivity index (χ0) is 13.0. The number of fused-ring (bicyclic) bond motifs is 1. The maximum atomic E-state index is 12.1. The van der Waals surface area contributed by atoms with Crippen LogP contribution in [0.1, 0.15) is 37.8 Å². The molecule has 0 spiro atoms. The lowest BCUT2D eigenvalue weighted by molar-refractivity contribution is 0.0798. The van der Waals surface area contributed by atoms with E-state index in [0.717, 1.165) is 17.7 Å². The lowest BCUT2D eigenvalue weighted by Gasteiger charge is -2.08. The molecule has 2 rings (SSSR count). The standard InChI is InChI=1S/C15H22O2S/c1-12(2)17-9-4-10-18(16)15-8-7-13-5-3-6-14(13)11-15/h7-8,11-12H,3-6,9-10H2,1-2H3. The van der Waals surface area contributed by atoms with Crippen molar-refractivity contribution in [3.8, 4) is 0 Å². The van der Waals surface area contributed by atoms with Gasteiger partial charge in [-0.1, -0.05) is 6.07 Å². The first kappa shape index (κ1) is 13.8. The first-order valence-electron chi connectivity index (χ1n) is 6.78. The summed E-state index contributed by atoms with van der Waals surface area (Å²) in [6.45, 7) is 4.75. The van der Waals surface area contributed by atoms with Gasteiger partial charge in [-0.2, -0.15) is 0 Å². The minimum atomic E-state index is -0.870. The Morgan fingerprint density at radius 1 is 1.28 bits per heavy atom. The Hall–Kier alpha value is -0.670. The van der Waals surface area contributed by atoms with Crippen LogP contribution in [-0.4, -0.2) is 22.7 Å². The van der Waals surface area contributed by atoms with Crippen molar-refractivity contribution in [3.63, 3.8) is 0 Å². The second kappa shape index (κ2) is 6.48. The minimum Gasteiger partial charge on any atom is -0.379 e. The minimum absolute atomic E-state index is 0.262. The summed E-state index contributed by atoms with van der Waals surface area (Å²) in [4.78, 5) is 0.986. The van der Waals surface area contributed by atoms with E-state index in [1.165, 1.54) is 24.0 Å². The quantitative estimate of drug-likeness (QED) is 0.740. The summed E-state index contributed by atoms with van der Waals surface area (Å²) < 4.78 is 17.6. The molecule has 0 amide bonds. The zero-order valence-corrected chi connectivity index (χ0v) is 12.1. The second-order valence-electron chi connectivity index (χ2n) is 5.11. The van der Waals surface area contributed by atoms with Crippen LogP contribution in [0.2, 0.25) is 0 Å². The van der Waals surface area contributed by atoms with Gasteiger partial charge in [0.2, 0.25) is 0 Å². The first-order chi connectivity index (χ1) is 8.66. The monoisotopic (exact) mass is 266 g/mol. The topological polar surface area (TPSA) is 26.3 Å². The van der Waals surface area contributed by atoms with Crippen LogP contribution in [0.3, 0.4) is 0 Å². The van der Waals surface area contributed by atoms with Crippen LogP contribution in [0.15, 0.2) is 23.1 Å². The van der Waals surface area contributed by atoms with Crippen LogP contribution in [0.4, 0.5) is 0 Å². The largest absolute Gasteiger partial charge is 0.379 e. The third-order valence-corrected chi connectivity index (χ3v) is 4.70. The van der Waals surface area contributed by atoms with E-state index in [1.807, 2.05) is 19.9 Å². The van der Waals surface area contributed by atoms with Crippen LogP contribution in [0, 0.1) is 0 Å². The fourth-order valence-corrected chi connectivity index (χ4v) is 3.43. The molecule has 0 saturated carbocycles. The Morgan fingerprint density at radius 3 is 2.83 bits per heavy atom. The molecule has 1 unspecified atom stereocenters. The molecule has 3 heteroatoms. The van der Waals surface area contributed by atoms with Crippen molar-refractivity contribution >= 4 is 10.8 Å². The molecule has 1 aromatic rings. The Labute approximate surface area is 112 Å². The van der Waals surface area contributed by atoms with Gasteiger partial charge in [-0.05, 0) is 62.8 Å². The molecular formula is C15H22O2S. The van der Waals surface area contributed by atoms with Gasteiger partial charge in [0.05, 0.1) is 16.9 Å². The van der Waals surface area contributed by atoms with Crippen LogP contribution in [0.5, 0.6) is 0 Å². The van der Waals surface area contributed by atoms with Gasteiger partial charge in [0, 0.05) is 17.3 Å². The lowest BCUT2D eigenvalue weighted by atomic mass is 10.1. The predicted molar refractivity (Wildman–Crippen MR) is 75.4 cm³/mol. The molecule has 0 aromatic heterocycles. The van der Waals surface area contributed by atoms with E-state index in [4.69, 9.17) is 4.74 Å². The fraction of sp³-hybridized carbons (Fsp3) is 0.600. The Kier molecular flexibility index (Phi) is 4.95. The summed E-state index contributed by atoms with van der Waals surface area (Å²) >= 11 is 0. The van der Waals surface area contributed by atoms with Crippen LogP contribution < -0.4 is 0 Å². The zero-order valence-electron chi connectivity index (χ0n) is 11.3. The highest BCUT2D eigenvalue weighted by Crippen LogP contribution is 2.24. The van der Waals surface area contributed by atoms with Crippen LogP contribution in [-0.2, 0) is 28.4 Å². The smallest absolute Gasteiger partial charge is 0.0530 e. The molecule has 0 heterocycles. The van der Waals surface area contributed by atoms with E-state index in [2.05, 4.69) is 12.1 Å². The molecule has 0 bridgehead atoms. The normalized spacial score (nSPS) is 15.9. The predicted octanol–water partition coefficient (Wildman–Crippen LogP) is 3.10. The van der Waals surface area contributed by atoms with Gasteiger partial charge >= 0.3 is 0 Å². The van der Waals surface area contributed by atoms with Crippen molar-refractivity contribution < 1.29 is 8.95 Å². The van der Waals surface area contributed by atoms with E-state index >= 15 is 0 Å². The van der Waals surface area contributed by atoms with Crippen LogP contribution >= 0.6 is 0 Å². The van der Waals surface area contributed by atoms with E-state index in [9.17, 15) is 4.21 Å². The summed E-state index contributed by atoms with van der Waals surface area (Å²) in [7, 11) is -0.870. The van der Waals surface area contributed by atoms with Crippen molar-refractivity contribution in [2.45, 2.75) is 50.5 Å². The number of hydrogen-bond acceptors (Lipinski definition) is 2. The first-order valence-corrected chi connectivity index (χ1v) is 8.10. The summed E-state index contributed by atoms with van der Waals surface area (Å²) in [5.41, 5.74) is 2.85. The van der Waals surface area contributed by atoms with Gasteiger partial charge < -0.3 is 4.74 Å². The summed E-state index contributed by atoms with van der Waals surface area (Å²) in [5.74, 6) is 0.700. The Morgan fingerprint density at radius 2 is 2.06 bits per heavy atom. The van der Waals surface area contributed by atoms with E-state index in [-0.39, 0.29) is 6.10 Å².